The van der Waals surface area contributed by atoms with Crippen LogP contribution in [0.1, 0.15) is 48.5 Å². The minimum absolute atomic E-state index is 0.00390. The van der Waals surface area contributed by atoms with Gasteiger partial charge in [-0.05, 0) is 62.4 Å². The van der Waals surface area contributed by atoms with Crippen molar-refractivity contribution in [3.8, 4) is 0 Å². The summed E-state index contributed by atoms with van der Waals surface area (Å²) in [5.74, 6) is -0.106. The summed E-state index contributed by atoms with van der Waals surface area (Å²) in [6.07, 6.45) is 4.56. The summed E-state index contributed by atoms with van der Waals surface area (Å²) in [6.45, 7) is 4.07. The molecule has 0 spiro atoms. The number of carbonyl (C=O) groups is 1. The quantitative estimate of drug-likeness (QED) is 0.540. The molecule has 1 amide bonds. The molecule has 0 saturated carbocycles. The van der Waals surface area contributed by atoms with Crippen LogP contribution >= 0.6 is 0 Å². The third-order valence-electron chi connectivity index (χ3n) is 6.04. The van der Waals surface area contributed by atoms with E-state index in [-0.39, 0.29) is 16.8 Å². The number of sulfonamides is 1. The fourth-order valence-electron chi connectivity index (χ4n) is 4.15. The minimum Gasteiger partial charge on any atom is -0.383 e. The molecule has 1 saturated heterocycles. The molecule has 7 heteroatoms. The van der Waals surface area contributed by atoms with Crippen molar-refractivity contribution in [2.75, 3.05) is 33.4 Å². The molecule has 1 aliphatic rings. The minimum atomic E-state index is -3.54. The lowest BCUT2D eigenvalue weighted by Crippen LogP contribution is -2.41. The van der Waals surface area contributed by atoms with Gasteiger partial charge in [0.15, 0.2) is 0 Å². The van der Waals surface area contributed by atoms with Crippen molar-refractivity contribution in [2.24, 2.45) is 0 Å². The van der Waals surface area contributed by atoms with Gasteiger partial charge in [-0.25, -0.2) is 8.42 Å². The number of methoxy groups -OCH3 is 1. The Labute approximate surface area is 192 Å². The largest absolute Gasteiger partial charge is 0.383 e. The summed E-state index contributed by atoms with van der Waals surface area (Å²) in [6, 6.07) is 16.6. The van der Waals surface area contributed by atoms with Gasteiger partial charge in [0, 0.05) is 38.3 Å². The number of piperidine rings is 1. The van der Waals surface area contributed by atoms with Gasteiger partial charge in [-0.2, -0.15) is 4.31 Å². The number of carbonyl (C=O) groups excluding carboxylic acids is 1. The van der Waals surface area contributed by atoms with E-state index in [1.807, 2.05) is 25.1 Å². The molecule has 1 fully saturated rings. The average Bonchev–Trinajstić information content (AvgIpc) is 2.82. The van der Waals surface area contributed by atoms with E-state index in [1.54, 1.807) is 40.6 Å². The first-order valence-corrected chi connectivity index (χ1v) is 12.8. The van der Waals surface area contributed by atoms with Crippen molar-refractivity contribution in [1.29, 1.82) is 0 Å². The van der Waals surface area contributed by atoms with Gasteiger partial charge < -0.3 is 9.64 Å². The molecule has 1 unspecified atom stereocenters. The van der Waals surface area contributed by atoms with Crippen molar-refractivity contribution in [1.82, 2.24) is 9.21 Å². The molecule has 0 aliphatic carbocycles. The number of rotatable bonds is 10. The Hall–Kier alpha value is -2.22. The fourth-order valence-corrected chi connectivity index (χ4v) is 5.85. The van der Waals surface area contributed by atoms with E-state index in [2.05, 4.69) is 12.1 Å². The van der Waals surface area contributed by atoms with Crippen molar-refractivity contribution in [2.45, 2.75) is 50.0 Å². The summed E-state index contributed by atoms with van der Waals surface area (Å²) in [5, 5.41) is 0. The highest BCUT2D eigenvalue weighted by atomic mass is 32.2. The molecule has 2 aromatic rings. The summed E-state index contributed by atoms with van der Waals surface area (Å²) >= 11 is 0. The van der Waals surface area contributed by atoms with Crippen LogP contribution in [0.25, 0.3) is 0 Å². The maximum absolute atomic E-state index is 13.1. The molecule has 1 atom stereocenters. The second kappa shape index (κ2) is 11.6. The van der Waals surface area contributed by atoms with Gasteiger partial charge in [-0.1, -0.05) is 36.8 Å². The zero-order valence-electron chi connectivity index (χ0n) is 19.1. The summed E-state index contributed by atoms with van der Waals surface area (Å²) < 4.78 is 32.9. The highest BCUT2D eigenvalue weighted by Crippen LogP contribution is 2.25. The first-order valence-electron chi connectivity index (χ1n) is 11.4. The zero-order chi connectivity index (χ0) is 23.0. The van der Waals surface area contributed by atoms with E-state index < -0.39 is 10.0 Å². The molecule has 1 aliphatic heterocycles. The third-order valence-corrected chi connectivity index (χ3v) is 8.07. The van der Waals surface area contributed by atoms with E-state index in [1.165, 1.54) is 5.56 Å². The number of aryl methyl sites for hydroxylation is 1. The molecule has 32 heavy (non-hydrogen) atoms. The van der Waals surface area contributed by atoms with Gasteiger partial charge in [0.25, 0.3) is 5.91 Å². The Morgan fingerprint density at radius 1 is 1.06 bits per heavy atom. The molecular formula is C25H34N2O4S. The van der Waals surface area contributed by atoms with Crippen molar-refractivity contribution >= 4 is 15.9 Å². The molecule has 6 nitrogen and oxygen atoms in total. The molecule has 174 valence electrons. The maximum Gasteiger partial charge on any atom is 0.253 e. The summed E-state index contributed by atoms with van der Waals surface area (Å²) in [7, 11) is -1.93. The predicted octanol–water partition coefficient (Wildman–Crippen LogP) is 3.97. The highest BCUT2D eigenvalue weighted by Gasteiger charge is 2.31. The standard InChI is InChI=1S/C25H34N2O4S/c1-21-9-6-7-18-27(21)32(29,30)24-15-13-23(14-16-24)25(28)26(19-20-31-2)17-8-12-22-10-4-3-5-11-22/h3-5,10-11,13-16,21H,6-9,12,17-20H2,1-2H3. The van der Waals surface area contributed by atoms with Crippen molar-refractivity contribution in [3.63, 3.8) is 0 Å². The van der Waals surface area contributed by atoms with Crippen LogP contribution in [0, 0.1) is 0 Å². The van der Waals surface area contributed by atoms with Crippen molar-refractivity contribution < 1.29 is 17.9 Å². The number of benzene rings is 2. The first-order chi connectivity index (χ1) is 15.4. The molecule has 3 rings (SSSR count). The monoisotopic (exact) mass is 458 g/mol. The zero-order valence-corrected chi connectivity index (χ0v) is 19.9. The number of hydrogen-bond donors (Lipinski definition) is 0. The molecule has 2 aromatic carbocycles. The Morgan fingerprint density at radius 2 is 1.78 bits per heavy atom. The highest BCUT2D eigenvalue weighted by molar-refractivity contribution is 7.89. The van der Waals surface area contributed by atoms with Gasteiger partial charge in [0.1, 0.15) is 0 Å². The van der Waals surface area contributed by atoms with Gasteiger partial charge >= 0.3 is 0 Å². The normalized spacial score (nSPS) is 17.2. The number of amides is 1. The average molecular weight is 459 g/mol. The maximum atomic E-state index is 13.1. The van der Waals surface area contributed by atoms with E-state index >= 15 is 0 Å². The van der Waals surface area contributed by atoms with Gasteiger partial charge in [0.05, 0.1) is 11.5 Å². The van der Waals surface area contributed by atoms with E-state index in [9.17, 15) is 13.2 Å². The van der Waals surface area contributed by atoms with Crippen LogP contribution in [0.15, 0.2) is 59.5 Å². The van der Waals surface area contributed by atoms with E-state index in [0.29, 0.717) is 31.8 Å². The Kier molecular flexibility index (Phi) is 8.84. The Morgan fingerprint density at radius 3 is 2.44 bits per heavy atom. The second-order valence-corrected chi connectivity index (χ2v) is 10.2. The van der Waals surface area contributed by atoms with Gasteiger partial charge in [-0.3, -0.25) is 4.79 Å². The predicted molar refractivity (Wildman–Crippen MR) is 126 cm³/mol. The number of nitrogens with zero attached hydrogens (tertiary/aromatic N) is 2. The van der Waals surface area contributed by atoms with Crippen LogP contribution in [0.2, 0.25) is 0 Å². The third kappa shape index (κ3) is 6.18. The number of ether oxygens (including phenoxy) is 1. The summed E-state index contributed by atoms with van der Waals surface area (Å²) in [4.78, 5) is 15.1. The lowest BCUT2D eigenvalue weighted by molar-refractivity contribution is 0.0693. The first kappa shape index (κ1) is 24.4. The van der Waals surface area contributed by atoms with Crippen LogP contribution in [-0.2, 0) is 21.2 Å². The molecule has 0 bridgehead atoms. The van der Waals surface area contributed by atoms with E-state index in [0.717, 1.165) is 32.1 Å². The number of hydrogen-bond acceptors (Lipinski definition) is 4. The summed E-state index contributed by atoms with van der Waals surface area (Å²) in [5.41, 5.74) is 1.74. The molecule has 0 aromatic heterocycles. The molecular weight excluding hydrogens is 424 g/mol. The van der Waals surface area contributed by atoms with E-state index in [4.69, 9.17) is 4.74 Å². The second-order valence-electron chi connectivity index (χ2n) is 8.36. The lowest BCUT2D eigenvalue weighted by Gasteiger charge is -2.32. The van der Waals surface area contributed by atoms with Crippen LogP contribution in [0.5, 0.6) is 0 Å². The van der Waals surface area contributed by atoms with Gasteiger partial charge in [0.2, 0.25) is 10.0 Å². The molecule has 0 N–H and O–H groups in total. The Bertz CT molecular complexity index is 961. The Balaban J connectivity index is 1.67. The van der Waals surface area contributed by atoms with Gasteiger partial charge in [-0.15, -0.1) is 0 Å². The smallest absolute Gasteiger partial charge is 0.253 e. The van der Waals surface area contributed by atoms with Crippen LogP contribution in [0.3, 0.4) is 0 Å². The van der Waals surface area contributed by atoms with Crippen molar-refractivity contribution in [3.05, 3.63) is 65.7 Å². The lowest BCUT2D eigenvalue weighted by atomic mass is 10.1. The SMILES string of the molecule is COCCN(CCCc1ccccc1)C(=O)c1ccc(S(=O)(=O)N2CCCCC2C)cc1. The fraction of sp³-hybridized carbons (Fsp3) is 0.480. The van der Waals surface area contributed by atoms with Crippen LogP contribution in [0.4, 0.5) is 0 Å². The molecule has 0 radical (unpaired) electrons. The van der Waals surface area contributed by atoms with Crippen LogP contribution in [-0.4, -0.2) is 62.9 Å². The topological polar surface area (TPSA) is 66.9 Å². The molecule has 1 heterocycles. The van der Waals surface area contributed by atoms with Crippen LogP contribution < -0.4 is 0 Å².